The fourth-order valence-electron chi connectivity index (χ4n) is 3.27. The highest BCUT2D eigenvalue weighted by molar-refractivity contribution is 7.93. The second kappa shape index (κ2) is 10.7. The molecule has 4 aromatic rings. The van der Waals surface area contributed by atoms with E-state index in [4.69, 9.17) is 14.2 Å². The molecule has 9 heteroatoms. The van der Waals surface area contributed by atoms with Crippen molar-refractivity contribution < 1.29 is 32.2 Å². The normalized spacial score (nSPS) is 10.8. The van der Waals surface area contributed by atoms with E-state index in [0.717, 1.165) is 0 Å². The molecule has 0 radical (unpaired) electrons. The maximum Gasteiger partial charge on any atom is 0.519 e. The predicted octanol–water partition coefficient (Wildman–Crippen LogP) is 5.97. The molecule has 8 nitrogen and oxygen atoms in total. The Morgan fingerprint density at radius 3 is 1.64 bits per heavy atom. The SMILES string of the molecule is Cc1ccccc1S(=O)(=O)N(C(=O)Oc1ccccc1)c1ccc(OC(=O)Oc2ccccc2)cc1. The quantitative estimate of drug-likeness (QED) is 0.236. The van der Waals surface area contributed by atoms with Gasteiger partial charge in [-0.1, -0.05) is 54.6 Å². The van der Waals surface area contributed by atoms with Crippen molar-refractivity contribution in [3.8, 4) is 17.2 Å². The number of benzene rings is 4. The molecule has 0 aromatic heterocycles. The minimum absolute atomic E-state index is 0.0111. The molecule has 0 aliphatic rings. The van der Waals surface area contributed by atoms with Crippen LogP contribution in [-0.4, -0.2) is 20.7 Å². The lowest BCUT2D eigenvalue weighted by Crippen LogP contribution is -2.39. The minimum Gasteiger partial charge on any atom is -0.409 e. The van der Waals surface area contributed by atoms with Gasteiger partial charge < -0.3 is 14.2 Å². The summed E-state index contributed by atoms with van der Waals surface area (Å²) in [6.45, 7) is 1.63. The highest BCUT2D eigenvalue weighted by Gasteiger charge is 2.34. The molecule has 0 spiro atoms. The number of anilines is 1. The summed E-state index contributed by atoms with van der Waals surface area (Å²) in [5.74, 6) is 0.568. The Bertz CT molecular complexity index is 1460. The van der Waals surface area contributed by atoms with Gasteiger partial charge in [0.05, 0.1) is 10.6 Å². The van der Waals surface area contributed by atoms with E-state index in [1.54, 1.807) is 73.7 Å². The number of aryl methyl sites for hydroxylation is 1. The van der Waals surface area contributed by atoms with Crippen molar-refractivity contribution in [1.29, 1.82) is 0 Å². The number of rotatable bonds is 6. The van der Waals surface area contributed by atoms with Crippen LogP contribution in [0.2, 0.25) is 0 Å². The fraction of sp³-hybridized carbons (Fsp3) is 0.0370. The Labute approximate surface area is 208 Å². The van der Waals surface area contributed by atoms with Crippen LogP contribution in [0, 0.1) is 6.92 Å². The predicted molar refractivity (Wildman–Crippen MR) is 133 cm³/mol. The number of para-hydroxylation sites is 2. The van der Waals surface area contributed by atoms with Gasteiger partial charge >= 0.3 is 12.2 Å². The first kappa shape index (κ1) is 24.5. The fourth-order valence-corrected chi connectivity index (χ4v) is 4.82. The van der Waals surface area contributed by atoms with Gasteiger partial charge in [0, 0.05) is 0 Å². The molecule has 0 saturated carbocycles. The maximum atomic E-state index is 13.6. The molecule has 0 aliphatic heterocycles. The van der Waals surface area contributed by atoms with Crippen molar-refractivity contribution in [3.63, 3.8) is 0 Å². The Hall–Kier alpha value is -4.63. The number of carbonyl (C=O) groups excluding carboxylic acids is 2. The minimum atomic E-state index is -4.35. The van der Waals surface area contributed by atoms with Gasteiger partial charge in [-0.2, -0.15) is 4.31 Å². The number of nitrogens with zero attached hydrogens (tertiary/aromatic N) is 1. The third-order valence-electron chi connectivity index (χ3n) is 4.94. The van der Waals surface area contributed by atoms with Crippen molar-refractivity contribution in [2.24, 2.45) is 0 Å². The average molecular weight is 504 g/mol. The van der Waals surface area contributed by atoms with E-state index in [9.17, 15) is 18.0 Å². The van der Waals surface area contributed by atoms with Crippen LogP contribution in [0.1, 0.15) is 5.56 Å². The van der Waals surface area contributed by atoms with Crippen molar-refractivity contribution in [2.75, 3.05) is 4.31 Å². The molecule has 0 aliphatic carbocycles. The summed E-state index contributed by atoms with van der Waals surface area (Å²) >= 11 is 0. The first-order valence-corrected chi connectivity index (χ1v) is 12.2. The monoisotopic (exact) mass is 503 g/mol. The Kier molecular flexibility index (Phi) is 7.31. The molecule has 182 valence electrons. The number of carbonyl (C=O) groups is 2. The number of hydrogen-bond donors (Lipinski definition) is 0. The lowest BCUT2D eigenvalue weighted by atomic mass is 10.2. The third kappa shape index (κ3) is 5.70. The van der Waals surface area contributed by atoms with Crippen LogP contribution in [0.3, 0.4) is 0 Å². The molecule has 4 aromatic carbocycles. The zero-order valence-electron chi connectivity index (χ0n) is 19.1. The Balaban J connectivity index is 1.62. The molecule has 0 atom stereocenters. The molecule has 0 fully saturated rings. The molecule has 0 heterocycles. The van der Waals surface area contributed by atoms with E-state index in [-0.39, 0.29) is 22.1 Å². The van der Waals surface area contributed by atoms with Gasteiger partial charge in [-0.05, 0) is 67.1 Å². The second-order valence-corrected chi connectivity index (χ2v) is 9.23. The first-order chi connectivity index (χ1) is 17.3. The van der Waals surface area contributed by atoms with E-state index in [2.05, 4.69) is 0 Å². The molecular weight excluding hydrogens is 482 g/mol. The van der Waals surface area contributed by atoms with E-state index >= 15 is 0 Å². The zero-order valence-corrected chi connectivity index (χ0v) is 19.9. The smallest absolute Gasteiger partial charge is 0.409 e. The van der Waals surface area contributed by atoms with Crippen LogP contribution >= 0.6 is 0 Å². The molecular formula is C27H21NO7S. The lowest BCUT2D eigenvalue weighted by molar-refractivity contribution is 0.152. The maximum absolute atomic E-state index is 13.6. The van der Waals surface area contributed by atoms with Crippen molar-refractivity contribution in [3.05, 3.63) is 115 Å². The molecule has 1 amide bonds. The molecule has 0 N–H and O–H groups in total. The summed E-state index contributed by atoms with van der Waals surface area (Å²) in [5, 5.41) is 0. The summed E-state index contributed by atoms with van der Waals surface area (Å²) in [5.41, 5.74) is 0.446. The number of hydrogen-bond acceptors (Lipinski definition) is 7. The largest absolute Gasteiger partial charge is 0.519 e. The van der Waals surface area contributed by atoms with Crippen LogP contribution in [-0.2, 0) is 10.0 Å². The van der Waals surface area contributed by atoms with Crippen LogP contribution in [0.25, 0.3) is 0 Å². The Morgan fingerprint density at radius 2 is 1.08 bits per heavy atom. The highest BCUT2D eigenvalue weighted by atomic mass is 32.2. The standard InChI is InChI=1S/C27H21NO7S/c1-20-10-8-9-15-25(20)36(31,32)28(26(29)33-22-11-4-2-5-12-22)21-16-18-24(19-17-21)35-27(30)34-23-13-6-3-7-14-23/h2-19H,1H3. The van der Waals surface area contributed by atoms with Crippen molar-refractivity contribution in [2.45, 2.75) is 11.8 Å². The third-order valence-corrected chi connectivity index (χ3v) is 6.80. The van der Waals surface area contributed by atoms with Crippen molar-refractivity contribution in [1.82, 2.24) is 0 Å². The molecule has 0 saturated heterocycles. The van der Waals surface area contributed by atoms with Crippen LogP contribution < -0.4 is 18.5 Å². The summed E-state index contributed by atoms with van der Waals surface area (Å²) < 4.78 is 43.3. The molecule has 0 bridgehead atoms. The van der Waals surface area contributed by atoms with Gasteiger partial charge in [0.2, 0.25) is 0 Å². The molecule has 36 heavy (non-hydrogen) atoms. The van der Waals surface area contributed by atoms with E-state index in [0.29, 0.717) is 15.6 Å². The number of amides is 1. The Morgan fingerprint density at radius 1 is 0.611 bits per heavy atom. The summed E-state index contributed by atoms with van der Waals surface area (Å²) in [6.07, 6.45) is -2.09. The molecule has 0 unspecified atom stereocenters. The van der Waals surface area contributed by atoms with E-state index in [1.807, 2.05) is 0 Å². The van der Waals surface area contributed by atoms with Gasteiger partial charge in [0.25, 0.3) is 10.0 Å². The highest BCUT2D eigenvalue weighted by Crippen LogP contribution is 2.29. The number of sulfonamides is 1. The second-order valence-electron chi connectivity index (χ2n) is 7.48. The number of ether oxygens (including phenoxy) is 3. The van der Waals surface area contributed by atoms with Crippen LogP contribution in [0.15, 0.2) is 114 Å². The summed E-state index contributed by atoms with van der Waals surface area (Å²) in [4.78, 5) is 25.1. The molecule has 4 rings (SSSR count). The van der Waals surface area contributed by atoms with Gasteiger partial charge in [-0.3, -0.25) is 0 Å². The van der Waals surface area contributed by atoms with Gasteiger partial charge in [0.15, 0.2) is 0 Å². The van der Waals surface area contributed by atoms with E-state index in [1.165, 1.54) is 42.5 Å². The topological polar surface area (TPSA) is 99.2 Å². The summed E-state index contributed by atoms with van der Waals surface area (Å²) in [6, 6.07) is 28.1. The average Bonchev–Trinajstić information content (AvgIpc) is 2.86. The lowest BCUT2D eigenvalue weighted by Gasteiger charge is -2.23. The zero-order chi connectivity index (χ0) is 25.5. The first-order valence-electron chi connectivity index (χ1n) is 10.8. The van der Waals surface area contributed by atoms with E-state index < -0.39 is 22.3 Å². The summed E-state index contributed by atoms with van der Waals surface area (Å²) in [7, 11) is -4.35. The van der Waals surface area contributed by atoms with Crippen molar-refractivity contribution >= 4 is 28.0 Å². The van der Waals surface area contributed by atoms with Gasteiger partial charge in [0.1, 0.15) is 17.2 Å². The van der Waals surface area contributed by atoms with Gasteiger partial charge in [-0.15, -0.1) is 0 Å². The van der Waals surface area contributed by atoms with Crippen LogP contribution in [0.5, 0.6) is 17.2 Å². The van der Waals surface area contributed by atoms with Gasteiger partial charge in [-0.25, -0.2) is 18.0 Å². The van der Waals surface area contributed by atoms with Crippen LogP contribution in [0.4, 0.5) is 15.3 Å².